The fourth-order valence-electron chi connectivity index (χ4n) is 2.69. The highest BCUT2D eigenvalue weighted by atomic mass is 16.5. The molecule has 112 valence electrons. The second kappa shape index (κ2) is 7.84. The summed E-state index contributed by atoms with van der Waals surface area (Å²) in [5.74, 6) is 0.980. The van der Waals surface area contributed by atoms with Crippen LogP contribution in [0.2, 0.25) is 0 Å². The summed E-state index contributed by atoms with van der Waals surface area (Å²) >= 11 is 0. The first kappa shape index (κ1) is 15.6. The number of aryl methyl sites for hydroxylation is 2. The molecular weight excluding hydrogens is 258 g/mol. The van der Waals surface area contributed by atoms with Gasteiger partial charge >= 0.3 is 0 Å². The van der Waals surface area contributed by atoms with Gasteiger partial charge in [0.05, 0.1) is 7.11 Å². The van der Waals surface area contributed by atoms with E-state index in [9.17, 15) is 0 Å². The van der Waals surface area contributed by atoms with Crippen molar-refractivity contribution in [1.82, 2.24) is 5.32 Å². The lowest BCUT2D eigenvalue weighted by atomic mass is 9.98. The average Bonchev–Trinajstić information content (AvgIpc) is 2.52. The molecule has 21 heavy (non-hydrogen) atoms. The van der Waals surface area contributed by atoms with Crippen LogP contribution in [0.3, 0.4) is 0 Å². The van der Waals surface area contributed by atoms with Crippen molar-refractivity contribution in [3.63, 3.8) is 0 Å². The minimum absolute atomic E-state index is 0.460. The maximum atomic E-state index is 5.44. The fraction of sp³-hybridized carbons (Fsp3) is 0.368. The van der Waals surface area contributed by atoms with Crippen LogP contribution in [0.5, 0.6) is 5.75 Å². The second-order valence-electron chi connectivity index (χ2n) is 5.53. The molecule has 2 heteroatoms. The monoisotopic (exact) mass is 283 g/mol. The van der Waals surface area contributed by atoms with E-state index in [2.05, 4.69) is 48.6 Å². The molecule has 0 aliphatic rings. The molecule has 0 bridgehead atoms. The Morgan fingerprint density at radius 1 is 1.10 bits per heavy atom. The van der Waals surface area contributed by atoms with Gasteiger partial charge in [0.25, 0.3) is 0 Å². The first-order valence-corrected chi connectivity index (χ1v) is 7.57. The number of ether oxygens (including phenoxy) is 1. The van der Waals surface area contributed by atoms with Crippen LogP contribution in [0, 0.1) is 6.92 Å². The number of hydrogen-bond acceptors (Lipinski definition) is 2. The van der Waals surface area contributed by atoms with Gasteiger partial charge in [0.1, 0.15) is 5.75 Å². The Balaban J connectivity index is 1.97. The van der Waals surface area contributed by atoms with Gasteiger partial charge in [0, 0.05) is 6.04 Å². The lowest BCUT2D eigenvalue weighted by Gasteiger charge is -2.18. The zero-order valence-corrected chi connectivity index (χ0v) is 13.2. The number of methoxy groups -OCH3 is 1. The van der Waals surface area contributed by atoms with Gasteiger partial charge in [-0.2, -0.15) is 0 Å². The Bertz CT molecular complexity index is 565. The topological polar surface area (TPSA) is 21.3 Å². The highest BCUT2D eigenvalue weighted by molar-refractivity contribution is 5.34. The largest absolute Gasteiger partial charge is 0.496 e. The SMILES string of the molecule is CNC(CCc1cccc(C)c1)Cc1ccccc1OC. The van der Waals surface area contributed by atoms with Crippen LogP contribution in [-0.4, -0.2) is 20.2 Å². The van der Waals surface area contributed by atoms with Gasteiger partial charge < -0.3 is 10.1 Å². The number of nitrogens with one attached hydrogen (secondary N) is 1. The van der Waals surface area contributed by atoms with E-state index in [1.807, 2.05) is 19.2 Å². The molecule has 2 nitrogen and oxygen atoms in total. The number of hydrogen-bond donors (Lipinski definition) is 1. The van der Waals surface area contributed by atoms with Crippen molar-refractivity contribution in [3.05, 3.63) is 65.2 Å². The second-order valence-corrected chi connectivity index (χ2v) is 5.53. The van der Waals surface area contributed by atoms with Crippen molar-refractivity contribution in [2.45, 2.75) is 32.2 Å². The molecule has 0 amide bonds. The Labute approximate surface area is 128 Å². The van der Waals surface area contributed by atoms with E-state index in [1.165, 1.54) is 16.7 Å². The van der Waals surface area contributed by atoms with E-state index in [0.29, 0.717) is 6.04 Å². The molecule has 1 unspecified atom stereocenters. The summed E-state index contributed by atoms with van der Waals surface area (Å²) in [6.45, 7) is 2.15. The smallest absolute Gasteiger partial charge is 0.122 e. The summed E-state index contributed by atoms with van der Waals surface area (Å²) < 4.78 is 5.44. The van der Waals surface area contributed by atoms with Crippen molar-refractivity contribution in [2.75, 3.05) is 14.2 Å². The first-order valence-electron chi connectivity index (χ1n) is 7.57. The first-order chi connectivity index (χ1) is 10.2. The highest BCUT2D eigenvalue weighted by Crippen LogP contribution is 2.20. The Kier molecular flexibility index (Phi) is 5.82. The van der Waals surface area contributed by atoms with E-state index in [-0.39, 0.29) is 0 Å². The van der Waals surface area contributed by atoms with Crippen molar-refractivity contribution in [1.29, 1.82) is 0 Å². The Morgan fingerprint density at radius 3 is 2.62 bits per heavy atom. The summed E-state index contributed by atoms with van der Waals surface area (Å²) in [5, 5.41) is 3.43. The van der Waals surface area contributed by atoms with E-state index < -0.39 is 0 Å². The van der Waals surface area contributed by atoms with Crippen LogP contribution in [0.25, 0.3) is 0 Å². The summed E-state index contributed by atoms with van der Waals surface area (Å²) in [6.07, 6.45) is 3.21. The van der Waals surface area contributed by atoms with Gasteiger partial charge in [-0.25, -0.2) is 0 Å². The number of rotatable bonds is 7. The third kappa shape index (κ3) is 4.61. The van der Waals surface area contributed by atoms with Crippen molar-refractivity contribution >= 4 is 0 Å². The lowest BCUT2D eigenvalue weighted by molar-refractivity contribution is 0.404. The maximum Gasteiger partial charge on any atom is 0.122 e. The molecule has 0 heterocycles. The predicted octanol–water partition coefficient (Wildman–Crippen LogP) is 3.77. The minimum atomic E-state index is 0.460. The predicted molar refractivity (Wildman–Crippen MR) is 89.0 cm³/mol. The molecule has 0 aliphatic carbocycles. The number of likely N-dealkylation sites (N-methyl/N-ethyl adjacent to an activating group) is 1. The Morgan fingerprint density at radius 2 is 1.90 bits per heavy atom. The van der Waals surface area contributed by atoms with Crippen molar-refractivity contribution in [2.24, 2.45) is 0 Å². The molecule has 2 rings (SSSR count). The summed E-state index contributed by atoms with van der Waals surface area (Å²) in [5.41, 5.74) is 4.01. The van der Waals surface area contributed by atoms with E-state index in [4.69, 9.17) is 4.74 Å². The van der Waals surface area contributed by atoms with Crippen molar-refractivity contribution < 1.29 is 4.74 Å². The van der Waals surface area contributed by atoms with E-state index in [1.54, 1.807) is 7.11 Å². The average molecular weight is 283 g/mol. The highest BCUT2D eigenvalue weighted by Gasteiger charge is 2.11. The zero-order valence-electron chi connectivity index (χ0n) is 13.2. The quantitative estimate of drug-likeness (QED) is 0.835. The van der Waals surface area contributed by atoms with Crippen LogP contribution in [0.4, 0.5) is 0 Å². The molecule has 0 spiro atoms. The molecule has 0 fully saturated rings. The standard InChI is InChI=1S/C19H25NO/c1-15-7-6-8-16(13-15)11-12-18(20-2)14-17-9-4-5-10-19(17)21-3/h4-10,13,18,20H,11-12,14H2,1-3H3. The Hall–Kier alpha value is -1.80. The molecule has 0 saturated carbocycles. The number of para-hydroxylation sites is 1. The maximum absolute atomic E-state index is 5.44. The van der Waals surface area contributed by atoms with Crippen LogP contribution < -0.4 is 10.1 Å². The zero-order chi connectivity index (χ0) is 15.1. The molecule has 0 aromatic heterocycles. The van der Waals surface area contributed by atoms with Gasteiger partial charge in [-0.05, 0) is 50.4 Å². The van der Waals surface area contributed by atoms with E-state index >= 15 is 0 Å². The molecule has 1 atom stereocenters. The van der Waals surface area contributed by atoms with Crippen LogP contribution >= 0.6 is 0 Å². The van der Waals surface area contributed by atoms with Crippen LogP contribution in [0.15, 0.2) is 48.5 Å². The van der Waals surface area contributed by atoms with Crippen LogP contribution in [-0.2, 0) is 12.8 Å². The summed E-state index contributed by atoms with van der Waals surface area (Å²) in [4.78, 5) is 0. The van der Waals surface area contributed by atoms with E-state index in [0.717, 1.165) is 25.0 Å². The van der Waals surface area contributed by atoms with Gasteiger partial charge in [-0.3, -0.25) is 0 Å². The van der Waals surface area contributed by atoms with Crippen molar-refractivity contribution in [3.8, 4) is 5.75 Å². The molecule has 2 aromatic rings. The van der Waals surface area contributed by atoms with Gasteiger partial charge in [-0.15, -0.1) is 0 Å². The third-order valence-electron chi connectivity index (χ3n) is 3.93. The third-order valence-corrected chi connectivity index (χ3v) is 3.93. The lowest BCUT2D eigenvalue weighted by Crippen LogP contribution is -2.28. The molecule has 2 aromatic carbocycles. The summed E-state index contributed by atoms with van der Waals surface area (Å²) in [6, 6.07) is 17.5. The molecular formula is C19H25NO. The molecule has 0 saturated heterocycles. The normalized spacial score (nSPS) is 12.1. The summed E-state index contributed by atoms with van der Waals surface area (Å²) in [7, 11) is 3.77. The van der Waals surface area contributed by atoms with Gasteiger partial charge in [-0.1, -0.05) is 48.0 Å². The fourth-order valence-corrected chi connectivity index (χ4v) is 2.69. The molecule has 0 radical (unpaired) electrons. The minimum Gasteiger partial charge on any atom is -0.496 e. The van der Waals surface area contributed by atoms with Gasteiger partial charge in [0.15, 0.2) is 0 Å². The van der Waals surface area contributed by atoms with Gasteiger partial charge in [0.2, 0.25) is 0 Å². The number of benzene rings is 2. The molecule has 0 aliphatic heterocycles. The molecule has 1 N–H and O–H groups in total. The van der Waals surface area contributed by atoms with Crippen LogP contribution in [0.1, 0.15) is 23.1 Å².